The molecule has 94 valence electrons. The molecule has 0 amide bonds. The number of nitrogen functional groups attached to an aromatic ring is 1. The van der Waals surface area contributed by atoms with Crippen LogP contribution < -0.4 is 5.73 Å². The van der Waals surface area contributed by atoms with E-state index in [1.54, 1.807) is 30.0 Å². The van der Waals surface area contributed by atoms with Crippen molar-refractivity contribution in [3.05, 3.63) is 57.0 Å². The molecular weight excluding hydrogens is 309 g/mol. The second-order valence-electron chi connectivity index (χ2n) is 3.68. The highest BCUT2D eigenvalue weighted by Crippen LogP contribution is 2.34. The van der Waals surface area contributed by atoms with Crippen molar-refractivity contribution in [2.75, 3.05) is 5.73 Å². The van der Waals surface area contributed by atoms with E-state index in [9.17, 15) is 0 Å². The van der Waals surface area contributed by atoms with Crippen molar-refractivity contribution in [1.29, 1.82) is 0 Å². The average molecular weight is 319 g/mol. The van der Waals surface area contributed by atoms with Gasteiger partial charge in [-0.2, -0.15) is 0 Å². The van der Waals surface area contributed by atoms with Crippen molar-refractivity contribution in [2.24, 2.45) is 0 Å². The van der Waals surface area contributed by atoms with E-state index in [2.05, 4.69) is 0 Å². The number of benzene rings is 2. The molecule has 18 heavy (non-hydrogen) atoms. The number of rotatable bonds is 3. The molecule has 1 nitrogen and oxygen atoms in total. The molecule has 0 spiro atoms. The van der Waals surface area contributed by atoms with Crippen molar-refractivity contribution in [3.63, 3.8) is 0 Å². The third kappa shape index (κ3) is 3.27. The number of thioether (sulfide) groups is 1. The summed E-state index contributed by atoms with van der Waals surface area (Å²) in [5.41, 5.74) is 7.57. The van der Waals surface area contributed by atoms with Gasteiger partial charge < -0.3 is 5.73 Å². The normalized spacial score (nSPS) is 10.6. The maximum atomic E-state index is 6.13. The van der Waals surface area contributed by atoms with Crippen molar-refractivity contribution in [3.8, 4) is 0 Å². The number of hydrogen-bond donors (Lipinski definition) is 1. The molecule has 0 atom stereocenters. The Kier molecular flexibility index (Phi) is 4.68. The van der Waals surface area contributed by atoms with E-state index < -0.39 is 0 Å². The van der Waals surface area contributed by atoms with Gasteiger partial charge in [0.1, 0.15) is 0 Å². The number of anilines is 1. The zero-order chi connectivity index (χ0) is 13.1. The number of hydrogen-bond acceptors (Lipinski definition) is 2. The van der Waals surface area contributed by atoms with Crippen molar-refractivity contribution >= 4 is 52.3 Å². The Labute approximate surface area is 125 Å². The van der Waals surface area contributed by atoms with Gasteiger partial charge in [0, 0.05) is 21.4 Å². The fourth-order valence-electron chi connectivity index (χ4n) is 1.45. The predicted octanol–water partition coefficient (Wildman–Crippen LogP) is 5.52. The lowest BCUT2D eigenvalue weighted by atomic mass is 10.2. The van der Waals surface area contributed by atoms with Crippen LogP contribution in [-0.2, 0) is 5.75 Å². The summed E-state index contributed by atoms with van der Waals surface area (Å²) in [6.07, 6.45) is 0. The molecule has 0 aromatic heterocycles. The molecule has 0 fully saturated rings. The maximum Gasteiger partial charge on any atom is 0.0632 e. The Morgan fingerprint density at radius 1 is 1.06 bits per heavy atom. The molecule has 5 heteroatoms. The predicted molar refractivity (Wildman–Crippen MR) is 81.9 cm³/mol. The number of halogens is 3. The van der Waals surface area contributed by atoms with Gasteiger partial charge in [0.05, 0.1) is 10.0 Å². The summed E-state index contributed by atoms with van der Waals surface area (Å²) in [5, 5.41) is 1.82. The molecule has 0 aliphatic heterocycles. The lowest BCUT2D eigenvalue weighted by Gasteiger charge is -2.08. The molecule has 0 saturated carbocycles. The minimum atomic E-state index is 0.564. The molecule has 0 bridgehead atoms. The van der Waals surface area contributed by atoms with E-state index in [1.807, 2.05) is 18.2 Å². The summed E-state index contributed by atoms with van der Waals surface area (Å²) >= 11 is 19.6. The summed E-state index contributed by atoms with van der Waals surface area (Å²) in [6, 6.07) is 11.0. The maximum absolute atomic E-state index is 6.13. The number of nitrogens with two attached hydrogens (primary N) is 1. The Balaban J connectivity index is 2.16. The molecule has 2 rings (SSSR count). The summed E-state index contributed by atoms with van der Waals surface area (Å²) < 4.78 is 0. The fourth-order valence-corrected chi connectivity index (χ4v) is 3.15. The third-order valence-electron chi connectivity index (χ3n) is 2.39. The Morgan fingerprint density at radius 2 is 1.83 bits per heavy atom. The molecule has 0 heterocycles. The minimum Gasteiger partial charge on any atom is -0.398 e. The first-order valence-corrected chi connectivity index (χ1v) is 7.30. The van der Waals surface area contributed by atoms with Crippen molar-refractivity contribution < 1.29 is 0 Å². The first-order valence-electron chi connectivity index (χ1n) is 5.18. The van der Waals surface area contributed by atoms with Crippen LogP contribution in [0.15, 0.2) is 41.3 Å². The van der Waals surface area contributed by atoms with Gasteiger partial charge in [0.25, 0.3) is 0 Å². The Morgan fingerprint density at radius 3 is 2.61 bits per heavy atom. The average Bonchev–Trinajstić information content (AvgIpc) is 2.35. The molecule has 0 unspecified atom stereocenters. The van der Waals surface area contributed by atoms with Gasteiger partial charge in [-0.25, -0.2) is 0 Å². The molecule has 2 aromatic carbocycles. The molecular formula is C13H10Cl3NS. The topological polar surface area (TPSA) is 26.0 Å². The standard InChI is InChI=1S/C13H10Cl3NS/c14-9-4-5-11(17)12(6-9)18-7-8-2-1-3-10(15)13(8)16/h1-6H,7,17H2. The molecule has 0 aliphatic carbocycles. The van der Waals surface area contributed by atoms with Crippen LogP contribution in [0.2, 0.25) is 15.1 Å². The van der Waals surface area contributed by atoms with Gasteiger partial charge in [-0.1, -0.05) is 46.9 Å². The zero-order valence-electron chi connectivity index (χ0n) is 9.29. The summed E-state index contributed by atoms with van der Waals surface area (Å²) in [7, 11) is 0. The van der Waals surface area contributed by atoms with Crippen LogP contribution in [0, 0.1) is 0 Å². The fraction of sp³-hybridized carbons (Fsp3) is 0.0769. The first kappa shape index (κ1) is 13.9. The second-order valence-corrected chi connectivity index (χ2v) is 5.92. The molecule has 0 saturated heterocycles. The van der Waals surface area contributed by atoms with Crippen LogP contribution in [0.4, 0.5) is 5.69 Å². The highest BCUT2D eigenvalue weighted by atomic mass is 35.5. The SMILES string of the molecule is Nc1ccc(Cl)cc1SCc1cccc(Cl)c1Cl. The lowest BCUT2D eigenvalue weighted by Crippen LogP contribution is -1.89. The smallest absolute Gasteiger partial charge is 0.0632 e. The second kappa shape index (κ2) is 6.07. The molecule has 0 radical (unpaired) electrons. The van der Waals surface area contributed by atoms with E-state index in [4.69, 9.17) is 40.5 Å². The van der Waals surface area contributed by atoms with Crippen LogP contribution in [-0.4, -0.2) is 0 Å². The monoisotopic (exact) mass is 317 g/mol. The largest absolute Gasteiger partial charge is 0.398 e. The lowest BCUT2D eigenvalue weighted by molar-refractivity contribution is 1.38. The summed E-state index contributed by atoms with van der Waals surface area (Å²) in [6.45, 7) is 0. The van der Waals surface area contributed by atoms with Gasteiger partial charge in [-0.05, 0) is 29.8 Å². The Hall–Kier alpha value is -0.540. The Bertz CT molecular complexity index is 570. The van der Waals surface area contributed by atoms with Crippen LogP contribution in [0.1, 0.15) is 5.56 Å². The third-order valence-corrected chi connectivity index (χ3v) is 4.60. The van der Waals surface area contributed by atoms with E-state index in [1.165, 1.54) is 0 Å². The highest BCUT2D eigenvalue weighted by molar-refractivity contribution is 7.98. The van der Waals surface area contributed by atoms with Gasteiger partial charge in [0.15, 0.2) is 0 Å². The van der Waals surface area contributed by atoms with Crippen LogP contribution in [0.3, 0.4) is 0 Å². The van der Waals surface area contributed by atoms with Gasteiger partial charge in [0.2, 0.25) is 0 Å². The van der Waals surface area contributed by atoms with E-state index in [0.717, 1.165) is 10.5 Å². The van der Waals surface area contributed by atoms with Gasteiger partial charge in [-0.3, -0.25) is 0 Å². The minimum absolute atomic E-state index is 0.564. The van der Waals surface area contributed by atoms with E-state index in [0.29, 0.717) is 26.5 Å². The van der Waals surface area contributed by atoms with Crippen LogP contribution >= 0.6 is 46.6 Å². The van der Waals surface area contributed by atoms with Crippen molar-refractivity contribution in [2.45, 2.75) is 10.6 Å². The van der Waals surface area contributed by atoms with Crippen molar-refractivity contribution in [1.82, 2.24) is 0 Å². The van der Waals surface area contributed by atoms with Crippen LogP contribution in [0.5, 0.6) is 0 Å². The van der Waals surface area contributed by atoms with E-state index in [-0.39, 0.29) is 0 Å². The summed E-state index contributed by atoms with van der Waals surface area (Å²) in [4.78, 5) is 0.943. The zero-order valence-corrected chi connectivity index (χ0v) is 12.4. The van der Waals surface area contributed by atoms with E-state index >= 15 is 0 Å². The highest BCUT2D eigenvalue weighted by Gasteiger charge is 2.07. The molecule has 0 aliphatic rings. The molecule has 2 aromatic rings. The quantitative estimate of drug-likeness (QED) is 0.595. The van der Waals surface area contributed by atoms with Gasteiger partial charge in [-0.15, -0.1) is 11.8 Å². The van der Waals surface area contributed by atoms with Crippen LogP contribution in [0.25, 0.3) is 0 Å². The van der Waals surface area contributed by atoms with Gasteiger partial charge >= 0.3 is 0 Å². The molecule has 2 N–H and O–H groups in total. The summed E-state index contributed by atoms with van der Waals surface area (Å²) in [5.74, 6) is 0.698. The first-order chi connectivity index (χ1) is 8.58.